The molecule has 1 heterocycles. The van der Waals surface area contributed by atoms with Crippen LogP contribution in [-0.2, 0) is 23.7 Å². The topological polar surface area (TPSA) is 136 Å². The molecule has 12 nitrogen and oxygen atoms in total. The number of nitrogens with zero attached hydrogens (tertiary/aromatic N) is 5. The zero-order valence-electron chi connectivity index (χ0n) is 27.8. The van der Waals surface area contributed by atoms with Gasteiger partial charge in [0.2, 0.25) is 5.69 Å². The largest absolute Gasteiger partial charge is 0.460 e. The Balaban J connectivity index is 1.23. The molecule has 0 spiro atoms. The highest BCUT2D eigenvalue weighted by molar-refractivity contribution is 7.17. The van der Waals surface area contributed by atoms with Crippen LogP contribution in [-0.4, -0.2) is 84.3 Å². The molecule has 0 fully saturated rings. The second-order valence-corrected chi connectivity index (χ2v) is 11.4. The van der Waals surface area contributed by atoms with E-state index >= 15 is 0 Å². The summed E-state index contributed by atoms with van der Waals surface area (Å²) in [6, 6.07) is 14.6. The van der Waals surface area contributed by atoms with E-state index in [0.717, 1.165) is 17.8 Å². The van der Waals surface area contributed by atoms with Crippen LogP contribution in [0.15, 0.2) is 52.7 Å². The van der Waals surface area contributed by atoms with E-state index in [-0.39, 0.29) is 24.6 Å². The Bertz CT molecular complexity index is 1630. The van der Waals surface area contributed by atoms with Crippen LogP contribution in [0.1, 0.15) is 50.6 Å². The van der Waals surface area contributed by atoms with Crippen LogP contribution >= 0.6 is 11.3 Å². The number of ketones is 1. The molecule has 2 aromatic carbocycles. The summed E-state index contributed by atoms with van der Waals surface area (Å²) in [5.41, 5.74) is 4.30. The molecule has 0 N–H and O–H groups in total. The van der Waals surface area contributed by atoms with Gasteiger partial charge < -0.3 is 28.6 Å². The maximum Gasteiger partial charge on any atom is 0.338 e. The van der Waals surface area contributed by atoms with Crippen molar-refractivity contribution in [3.63, 3.8) is 0 Å². The van der Waals surface area contributed by atoms with E-state index in [1.165, 1.54) is 18.3 Å². The first kappa shape index (κ1) is 38.0. The van der Waals surface area contributed by atoms with Crippen molar-refractivity contribution in [2.45, 2.75) is 27.7 Å². The van der Waals surface area contributed by atoms with Crippen molar-refractivity contribution in [1.29, 1.82) is 5.26 Å². The van der Waals surface area contributed by atoms with E-state index < -0.39 is 5.97 Å². The first-order valence-electron chi connectivity index (χ1n) is 15.6. The number of azo groups is 1. The summed E-state index contributed by atoms with van der Waals surface area (Å²) in [5.74, 6) is -0.741. The van der Waals surface area contributed by atoms with Gasteiger partial charge in [0.1, 0.15) is 17.7 Å². The molecule has 48 heavy (non-hydrogen) atoms. The maximum atomic E-state index is 12.2. The van der Waals surface area contributed by atoms with Crippen LogP contribution < -0.4 is 4.90 Å². The van der Waals surface area contributed by atoms with E-state index in [1.54, 1.807) is 31.2 Å². The van der Waals surface area contributed by atoms with Crippen LogP contribution in [0.5, 0.6) is 0 Å². The van der Waals surface area contributed by atoms with Gasteiger partial charge in [0.25, 0.3) is 0 Å². The highest BCUT2D eigenvalue weighted by Gasteiger charge is 2.16. The van der Waals surface area contributed by atoms with E-state index in [1.807, 2.05) is 19.1 Å². The first-order chi connectivity index (χ1) is 23.3. The summed E-state index contributed by atoms with van der Waals surface area (Å²) in [6.45, 7) is 19.5. The molecule has 0 saturated heterocycles. The van der Waals surface area contributed by atoms with Crippen molar-refractivity contribution in [3.8, 4) is 6.07 Å². The van der Waals surface area contributed by atoms with Gasteiger partial charge >= 0.3 is 5.97 Å². The number of thiophene rings is 1. The van der Waals surface area contributed by atoms with E-state index in [2.05, 4.69) is 39.0 Å². The lowest BCUT2D eigenvalue weighted by atomic mass is 10.0. The fourth-order valence-corrected chi connectivity index (χ4v) is 5.35. The van der Waals surface area contributed by atoms with E-state index in [0.29, 0.717) is 85.2 Å². The number of aryl methyl sites for hydroxylation is 1. The van der Waals surface area contributed by atoms with Gasteiger partial charge in [-0.25, -0.2) is 9.64 Å². The number of hydrogen-bond donors (Lipinski definition) is 0. The van der Waals surface area contributed by atoms with Crippen molar-refractivity contribution in [2.24, 2.45) is 10.2 Å². The number of nitriles is 1. The van der Waals surface area contributed by atoms with E-state index in [9.17, 15) is 14.9 Å². The van der Waals surface area contributed by atoms with Crippen molar-refractivity contribution >= 4 is 45.2 Å². The maximum absolute atomic E-state index is 12.2. The summed E-state index contributed by atoms with van der Waals surface area (Å²) < 4.78 is 27.4. The molecule has 0 bridgehead atoms. The van der Waals surface area contributed by atoms with Crippen LogP contribution in [0.2, 0.25) is 0 Å². The Morgan fingerprint density at radius 2 is 1.50 bits per heavy atom. The lowest BCUT2D eigenvalue weighted by molar-refractivity contribution is -0.00846. The molecule has 3 aromatic rings. The van der Waals surface area contributed by atoms with Gasteiger partial charge in [-0.1, -0.05) is 18.2 Å². The summed E-state index contributed by atoms with van der Waals surface area (Å²) >= 11 is 1.18. The molecule has 1 aromatic heterocycles. The van der Waals surface area contributed by atoms with Gasteiger partial charge in [-0.15, -0.1) is 11.3 Å². The molecule has 3 rings (SSSR count). The highest BCUT2D eigenvalue weighted by Crippen LogP contribution is 2.42. The molecule has 0 aliphatic carbocycles. The zero-order valence-corrected chi connectivity index (χ0v) is 28.6. The van der Waals surface area contributed by atoms with Crippen molar-refractivity contribution in [3.05, 3.63) is 81.0 Å². The third kappa shape index (κ3) is 11.6. The minimum absolute atomic E-state index is 0.0810. The second-order valence-electron chi connectivity index (χ2n) is 10.4. The lowest BCUT2D eigenvalue weighted by Gasteiger charge is -2.23. The van der Waals surface area contributed by atoms with Crippen LogP contribution in [0.3, 0.4) is 0 Å². The van der Waals surface area contributed by atoms with Crippen LogP contribution in [0.25, 0.3) is 4.85 Å². The number of ether oxygens (including phenoxy) is 5. The standard InChI is InChI=1S/C35H41N5O7S/c1-6-40(28-11-12-31(25(2)23-28)38-39-34-33(37-5)26(3)32(24-36)48-34)13-14-43-15-16-44-17-18-45-19-20-46-21-22-47-35(42)30-10-8-7-9-29(30)27(4)41/h7-12,23H,6,13-22H2,1-4H3. The summed E-state index contributed by atoms with van der Waals surface area (Å²) in [7, 11) is 0. The van der Waals surface area contributed by atoms with Crippen LogP contribution in [0, 0.1) is 31.8 Å². The van der Waals surface area contributed by atoms with Gasteiger partial charge in [0.15, 0.2) is 5.78 Å². The molecular weight excluding hydrogens is 634 g/mol. The fourth-order valence-electron chi connectivity index (χ4n) is 4.49. The average molecular weight is 676 g/mol. The number of carbonyl (C=O) groups is 2. The third-order valence-corrected chi connectivity index (χ3v) is 8.16. The number of carbonyl (C=O) groups excluding carboxylic acids is 2. The molecule has 0 saturated carbocycles. The van der Waals surface area contributed by atoms with Gasteiger partial charge in [-0.2, -0.15) is 15.5 Å². The summed E-state index contributed by atoms with van der Waals surface area (Å²) in [5, 5.41) is 18.3. The Morgan fingerprint density at radius 1 is 0.896 bits per heavy atom. The number of likely N-dealkylation sites (N-methyl/N-ethyl adjacent to an activating group) is 1. The molecule has 0 radical (unpaired) electrons. The second kappa shape index (κ2) is 20.7. The smallest absolute Gasteiger partial charge is 0.338 e. The molecular formula is C35H41N5O7S. The molecule has 0 unspecified atom stereocenters. The fraction of sp³-hybridized carbons (Fsp3) is 0.429. The molecule has 0 amide bonds. The Labute approximate surface area is 285 Å². The number of Topliss-reactive ketones (excluding diaryl/α,β-unsaturated/α-hetero) is 1. The van der Waals surface area contributed by atoms with Crippen molar-refractivity contribution in [1.82, 2.24) is 0 Å². The minimum Gasteiger partial charge on any atom is -0.460 e. The first-order valence-corrected chi connectivity index (χ1v) is 16.4. The highest BCUT2D eigenvalue weighted by atomic mass is 32.1. The average Bonchev–Trinajstić information content (AvgIpc) is 3.41. The molecule has 0 atom stereocenters. The SMILES string of the molecule is [C-]#[N+]c1c(N=Nc2ccc(N(CC)CCOCCOCCOCCOCCOC(=O)c3ccccc3C(C)=O)cc2C)sc(C#N)c1C. The van der Waals surface area contributed by atoms with Crippen LogP contribution in [0.4, 0.5) is 22.1 Å². The number of benzene rings is 2. The monoisotopic (exact) mass is 675 g/mol. The number of rotatable bonds is 21. The van der Waals surface area contributed by atoms with Crippen molar-refractivity contribution in [2.75, 3.05) is 77.5 Å². The minimum atomic E-state index is -0.550. The van der Waals surface area contributed by atoms with Gasteiger partial charge in [0.05, 0.1) is 75.6 Å². The number of hydrogen-bond acceptors (Lipinski definition) is 12. The van der Waals surface area contributed by atoms with Crippen molar-refractivity contribution < 1.29 is 33.3 Å². The van der Waals surface area contributed by atoms with Gasteiger partial charge in [0, 0.05) is 24.3 Å². The summed E-state index contributed by atoms with van der Waals surface area (Å²) in [4.78, 5) is 30.1. The number of esters is 1. The van der Waals surface area contributed by atoms with Gasteiger partial charge in [-0.05, 0) is 63.1 Å². The predicted molar refractivity (Wildman–Crippen MR) is 183 cm³/mol. The molecule has 13 heteroatoms. The Morgan fingerprint density at radius 3 is 2.06 bits per heavy atom. The lowest BCUT2D eigenvalue weighted by Crippen LogP contribution is -2.27. The predicted octanol–water partition coefficient (Wildman–Crippen LogP) is 7.16. The third-order valence-electron chi connectivity index (χ3n) is 7.09. The number of anilines is 1. The van der Waals surface area contributed by atoms with E-state index in [4.69, 9.17) is 30.3 Å². The Hall–Kier alpha value is -4.50. The molecule has 0 aliphatic rings. The summed E-state index contributed by atoms with van der Waals surface area (Å²) in [6.07, 6.45) is 0. The van der Waals surface area contributed by atoms with Gasteiger partial charge in [-0.3, -0.25) is 4.79 Å². The molecule has 0 aliphatic heterocycles. The zero-order chi connectivity index (χ0) is 34.7. The Kier molecular flexibility index (Phi) is 16.3. The molecule has 254 valence electrons. The quantitative estimate of drug-likeness (QED) is 0.0379. The normalized spacial score (nSPS) is 11.0.